The molecule has 0 saturated heterocycles. The van der Waals surface area contributed by atoms with Crippen LogP contribution in [0.5, 0.6) is 5.75 Å². The zero-order valence-corrected chi connectivity index (χ0v) is 14.2. The molecule has 0 aliphatic carbocycles. The highest BCUT2D eigenvalue weighted by Gasteiger charge is 2.28. The van der Waals surface area contributed by atoms with Crippen molar-refractivity contribution in [3.8, 4) is 5.75 Å². The van der Waals surface area contributed by atoms with E-state index < -0.39 is 25.6 Å². The second-order valence-corrected chi connectivity index (χ2v) is 6.74. The van der Waals surface area contributed by atoms with Crippen molar-refractivity contribution in [3.05, 3.63) is 63.2 Å². The molecule has 128 valence electrons. The molecule has 0 unspecified atom stereocenters. The number of nitro benzene ring substituents is 1. The molecule has 0 radical (unpaired) electrons. The summed E-state index contributed by atoms with van der Waals surface area (Å²) >= 11 is 5.75. The summed E-state index contributed by atoms with van der Waals surface area (Å²) in [6.45, 7) is 0.535. The minimum Gasteiger partial charge on any atom is -0.384 e. The van der Waals surface area contributed by atoms with Crippen LogP contribution in [0, 0.1) is 10.1 Å². The molecule has 0 N–H and O–H groups in total. The summed E-state index contributed by atoms with van der Waals surface area (Å²) in [7, 11) is -2.81. The first-order chi connectivity index (χ1) is 11.3. The van der Waals surface area contributed by atoms with E-state index in [4.69, 9.17) is 20.5 Å². The van der Waals surface area contributed by atoms with E-state index in [1.165, 1.54) is 18.2 Å². The van der Waals surface area contributed by atoms with E-state index in [0.717, 1.165) is 17.7 Å². The summed E-state index contributed by atoms with van der Waals surface area (Å²) < 4.78 is 34.6. The summed E-state index contributed by atoms with van der Waals surface area (Å²) in [5, 5.41) is 11.1. The Balaban J connectivity index is 2.29. The molecule has 2 aromatic rings. The van der Waals surface area contributed by atoms with Crippen molar-refractivity contribution in [3.63, 3.8) is 0 Å². The molecule has 0 spiro atoms. The van der Waals surface area contributed by atoms with Gasteiger partial charge in [-0.3, -0.25) is 10.1 Å². The highest BCUT2D eigenvalue weighted by Crippen LogP contribution is 2.29. The van der Waals surface area contributed by atoms with Crippen molar-refractivity contribution in [1.82, 2.24) is 0 Å². The summed E-state index contributed by atoms with van der Waals surface area (Å²) in [5.74, 6) is 0.0467. The van der Waals surface area contributed by atoms with Gasteiger partial charge in [0.1, 0.15) is 5.75 Å². The number of methoxy groups -OCH3 is 1. The molecular weight excluding hydrogens is 358 g/mol. The molecule has 0 amide bonds. The van der Waals surface area contributed by atoms with E-state index in [1.807, 2.05) is 0 Å². The van der Waals surface area contributed by atoms with Gasteiger partial charge in [-0.05, 0) is 36.2 Å². The summed E-state index contributed by atoms with van der Waals surface area (Å²) in [6, 6.07) is 9.57. The lowest BCUT2D eigenvalue weighted by molar-refractivity contribution is -0.387. The number of halogens is 1. The highest BCUT2D eigenvalue weighted by molar-refractivity contribution is 7.87. The molecule has 0 bridgehead atoms. The molecule has 0 atom stereocenters. The van der Waals surface area contributed by atoms with E-state index in [0.29, 0.717) is 13.0 Å². The van der Waals surface area contributed by atoms with E-state index in [1.54, 1.807) is 19.2 Å². The average Bonchev–Trinajstić information content (AvgIpc) is 2.53. The predicted octanol–water partition coefficient (Wildman–Crippen LogP) is 3.20. The smallest absolute Gasteiger partial charge is 0.346 e. The van der Waals surface area contributed by atoms with Gasteiger partial charge in [0.05, 0.1) is 11.5 Å². The van der Waals surface area contributed by atoms with Gasteiger partial charge in [0.25, 0.3) is 5.69 Å². The Hall–Kier alpha value is -2.16. The predicted molar refractivity (Wildman–Crippen MR) is 87.9 cm³/mol. The zero-order valence-electron chi connectivity index (χ0n) is 12.6. The molecule has 0 aliphatic rings. The maximum atomic E-state index is 12.3. The minimum atomic E-state index is -4.39. The molecule has 7 nitrogen and oxygen atoms in total. The molecule has 0 aromatic heterocycles. The Bertz CT molecular complexity index is 836. The lowest BCUT2D eigenvalue weighted by atomic mass is 10.1. The number of ether oxygens (including phenoxy) is 1. The van der Waals surface area contributed by atoms with E-state index in [9.17, 15) is 18.5 Å². The van der Waals surface area contributed by atoms with Crippen LogP contribution >= 0.6 is 11.6 Å². The molecule has 24 heavy (non-hydrogen) atoms. The Morgan fingerprint density at radius 1 is 1.17 bits per heavy atom. The number of hydrogen-bond donors (Lipinski definition) is 0. The normalized spacial score (nSPS) is 11.2. The van der Waals surface area contributed by atoms with Crippen LogP contribution in [0.15, 0.2) is 47.4 Å². The van der Waals surface area contributed by atoms with Crippen LogP contribution < -0.4 is 4.18 Å². The first kappa shape index (κ1) is 18.2. The third kappa shape index (κ3) is 4.44. The number of hydrogen-bond acceptors (Lipinski definition) is 6. The van der Waals surface area contributed by atoms with Gasteiger partial charge in [0, 0.05) is 18.2 Å². The topological polar surface area (TPSA) is 95.7 Å². The Morgan fingerprint density at radius 3 is 2.42 bits per heavy atom. The first-order valence-electron chi connectivity index (χ1n) is 6.80. The van der Waals surface area contributed by atoms with Crippen LogP contribution in [0.4, 0.5) is 5.69 Å². The largest absolute Gasteiger partial charge is 0.384 e. The van der Waals surface area contributed by atoms with Crippen LogP contribution in [-0.4, -0.2) is 27.1 Å². The van der Waals surface area contributed by atoms with Crippen LogP contribution in [0.2, 0.25) is 5.02 Å². The molecule has 2 aromatic carbocycles. The average molecular weight is 372 g/mol. The van der Waals surface area contributed by atoms with Gasteiger partial charge in [0.2, 0.25) is 0 Å². The molecule has 0 aliphatic heterocycles. The van der Waals surface area contributed by atoms with Crippen molar-refractivity contribution in [2.45, 2.75) is 11.3 Å². The fraction of sp³-hybridized carbons (Fsp3) is 0.200. The summed E-state index contributed by atoms with van der Waals surface area (Å²) in [5.41, 5.74) is 0.339. The van der Waals surface area contributed by atoms with Crippen LogP contribution in [0.1, 0.15) is 5.56 Å². The van der Waals surface area contributed by atoms with Gasteiger partial charge in [0.15, 0.2) is 4.90 Å². The molecule has 0 heterocycles. The van der Waals surface area contributed by atoms with E-state index in [-0.39, 0.29) is 10.8 Å². The summed E-state index contributed by atoms with van der Waals surface area (Å²) in [4.78, 5) is 9.61. The lowest BCUT2D eigenvalue weighted by Gasteiger charge is -2.08. The number of benzene rings is 2. The maximum Gasteiger partial charge on any atom is 0.346 e. The highest BCUT2D eigenvalue weighted by atomic mass is 35.5. The van der Waals surface area contributed by atoms with Crippen LogP contribution in [0.3, 0.4) is 0 Å². The standard InChI is InChI=1S/C15H14ClNO6S/c1-22-9-8-11-2-5-13(6-3-11)23-24(20,21)15-10-12(16)4-7-14(15)17(18)19/h2-7,10H,8-9H2,1H3. The SMILES string of the molecule is COCCc1ccc(OS(=O)(=O)c2cc(Cl)ccc2[N+](=O)[O-])cc1. The second kappa shape index (κ2) is 7.61. The van der Waals surface area contributed by atoms with Gasteiger partial charge in [-0.25, -0.2) is 0 Å². The molecule has 0 fully saturated rings. The fourth-order valence-electron chi connectivity index (χ4n) is 1.94. The number of rotatable bonds is 7. The Kier molecular flexibility index (Phi) is 5.76. The van der Waals surface area contributed by atoms with Crippen LogP contribution in [0.25, 0.3) is 0 Å². The van der Waals surface area contributed by atoms with E-state index in [2.05, 4.69) is 0 Å². The number of nitro groups is 1. The lowest BCUT2D eigenvalue weighted by Crippen LogP contribution is -2.12. The van der Waals surface area contributed by atoms with Crippen molar-refractivity contribution in [1.29, 1.82) is 0 Å². The molecule has 9 heteroatoms. The monoisotopic (exact) mass is 371 g/mol. The van der Waals surface area contributed by atoms with Gasteiger partial charge in [-0.1, -0.05) is 23.7 Å². The van der Waals surface area contributed by atoms with Crippen molar-refractivity contribution in [2.24, 2.45) is 0 Å². The second-order valence-electron chi connectivity index (χ2n) is 4.79. The summed E-state index contributed by atoms with van der Waals surface area (Å²) in [6.07, 6.45) is 0.670. The van der Waals surface area contributed by atoms with Gasteiger partial charge in [-0.2, -0.15) is 8.42 Å². The fourth-order valence-corrected chi connectivity index (χ4v) is 3.30. The minimum absolute atomic E-state index is 0.0467. The molecule has 2 rings (SSSR count). The van der Waals surface area contributed by atoms with Crippen LogP contribution in [-0.2, 0) is 21.3 Å². The van der Waals surface area contributed by atoms with Crippen molar-refractivity contribution < 1.29 is 22.3 Å². The maximum absolute atomic E-state index is 12.3. The van der Waals surface area contributed by atoms with Crippen molar-refractivity contribution >= 4 is 27.4 Å². The zero-order chi connectivity index (χ0) is 17.7. The third-order valence-electron chi connectivity index (χ3n) is 3.11. The number of nitrogens with zero attached hydrogens (tertiary/aromatic N) is 1. The third-order valence-corrected chi connectivity index (χ3v) is 4.62. The molecular formula is C15H14ClNO6S. The van der Waals surface area contributed by atoms with Gasteiger partial charge < -0.3 is 8.92 Å². The van der Waals surface area contributed by atoms with Crippen molar-refractivity contribution in [2.75, 3.05) is 13.7 Å². The molecule has 0 saturated carbocycles. The van der Waals surface area contributed by atoms with E-state index >= 15 is 0 Å². The van der Waals surface area contributed by atoms with Gasteiger partial charge in [-0.15, -0.1) is 0 Å². The Morgan fingerprint density at radius 2 is 1.83 bits per heavy atom. The first-order valence-corrected chi connectivity index (χ1v) is 8.58. The quantitative estimate of drug-likeness (QED) is 0.421. The van der Waals surface area contributed by atoms with Gasteiger partial charge >= 0.3 is 10.1 Å². The Labute approximate surface area is 144 Å².